The molecule has 0 saturated heterocycles. The Morgan fingerprint density at radius 3 is 2.95 bits per heavy atom. The molecule has 0 fully saturated rings. The third kappa shape index (κ3) is 2.23. The van der Waals surface area contributed by atoms with Gasteiger partial charge in [-0.15, -0.1) is 0 Å². The van der Waals surface area contributed by atoms with Gasteiger partial charge in [-0.1, -0.05) is 42.1 Å². The fourth-order valence-electron chi connectivity index (χ4n) is 2.94. The highest BCUT2D eigenvalue weighted by Crippen LogP contribution is 2.32. The van der Waals surface area contributed by atoms with Crippen molar-refractivity contribution < 1.29 is 4.39 Å². The Morgan fingerprint density at radius 2 is 2.05 bits per heavy atom. The van der Waals surface area contributed by atoms with Crippen molar-refractivity contribution in [1.82, 2.24) is 9.55 Å². The van der Waals surface area contributed by atoms with Crippen LogP contribution >= 0.6 is 11.8 Å². The average Bonchev–Trinajstić information content (AvgIpc) is 2.87. The van der Waals surface area contributed by atoms with Crippen molar-refractivity contribution in [3.8, 4) is 0 Å². The van der Waals surface area contributed by atoms with E-state index in [2.05, 4.69) is 22.8 Å². The van der Waals surface area contributed by atoms with Gasteiger partial charge in [0.25, 0.3) is 0 Å². The fourth-order valence-corrected chi connectivity index (χ4v) is 3.96. The normalized spacial score (nSPS) is 13.8. The topological polar surface area (TPSA) is 17.8 Å². The van der Waals surface area contributed by atoms with Crippen LogP contribution in [0.5, 0.6) is 0 Å². The second-order valence-corrected chi connectivity index (χ2v) is 6.26. The van der Waals surface area contributed by atoms with Crippen molar-refractivity contribution in [2.24, 2.45) is 0 Å². The van der Waals surface area contributed by atoms with E-state index in [1.807, 2.05) is 12.1 Å². The number of hydrogen-bond donors (Lipinski definition) is 0. The monoisotopic (exact) mass is 298 g/mol. The molecule has 1 aliphatic rings. The summed E-state index contributed by atoms with van der Waals surface area (Å²) in [5, 5.41) is 1.00. The molecule has 2 heterocycles. The van der Waals surface area contributed by atoms with Crippen molar-refractivity contribution >= 4 is 22.8 Å². The number of thioether (sulfide) groups is 1. The Labute approximate surface area is 127 Å². The molecule has 2 aromatic carbocycles. The van der Waals surface area contributed by atoms with Crippen molar-refractivity contribution in [3.05, 3.63) is 59.4 Å². The molecule has 0 radical (unpaired) electrons. The van der Waals surface area contributed by atoms with E-state index in [-0.39, 0.29) is 5.82 Å². The Balaban J connectivity index is 1.69. The Bertz CT molecular complexity index is 810. The summed E-state index contributed by atoms with van der Waals surface area (Å²) >= 11 is 1.62. The SMILES string of the molecule is Fc1ccccc1CSc1nc2cccc3c2n1CCC3. The van der Waals surface area contributed by atoms with E-state index in [0.29, 0.717) is 5.75 Å². The molecular formula is C17H15FN2S. The van der Waals surface area contributed by atoms with Crippen LogP contribution in [0.2, 0.25) is 0 Å². The molecule has 3 aromatic rings. The number of aryl methyl sites for hydroxylation is 2. The van der Waals surface area contributed by atoms with E-state index in [4.69, 9.17) is 4.98 Å². The number of para-hydroxylation sites is 1. The van der Waals surface area contributed by atoms with Crippen LogP contribution < -0.4 is 0 Å². The lowest BCUT2D eigenvalue weighted by Gasteiger charge is -2.16. The molecule has 2 nitrogen and oxygen atoms in total. The van der Waals surface area contributed by atoms with Crippen LogP contribution in [-0.4, -0.2) is 9.55 Å². The Morgan fingerprint density at radius 1 is 1.14 bits per heavy atom. The predicted molar refractivity (Wildman–Crippen MR) is 84.0 cm³/mol. The van der Waals surface area contributed by atoms with Gasteiger partial charge < -0.3 is 4.57 Å². The maximum absolute atomic E-state index is 13.7. The lowest BCUT2D eigenvalue weighted by atomic mass is 10.1. The number of imidazole rings is 1. The molecule has 1 aliphatic heterocycles. The molecule has 0 amide bonds. The number of nitrogens with zero attached hydrogens (tertiary/aromatic N) is 2. The molecule has 106 valence electrons. The van der Waals surface area contributed by atoms with E-state index in [1.54, 1.807) is 17.8 Å². The third-order valence-electron chi connectivity index (χ3n) is 3.96. The van der Waals surface area contributed by atoms with Crippen molar-refractivity contribution in [2.45, 2.75) is 30.3 Å². The molecule has 0 unspecified atom stereocenters. The molecule has 1 aromatic heterocycles. The zero-order valence-corrected chi connectivity index (χ0v) is 12.4. The van der Waals surface area contributed by atoms with Crippen LogP contribution in [-0.2, 0) is 18.7 Å². The molecule has 0 aliphatic carbocycles. The second kappa shape index (κ2) is 5.19. The summed E-state index contributed by atoms with van der Waals surface area (Å²) in [4.78, 5) is 4.73. The first-order chi connectivity index (χ1) is 10.3. The molecular weight excluding hydrogens is 283 g/mol. The first-order valence-electron chi connectivity index (χ1n) is 7.17. The van der Waals surface area contributed by atoms with Gasteiger partial charge in [0.1, 0.15) is 5.82 Å². The molecule has 0 N–H and O–H groups in total. The maximum atomic E-state index is 13.7. The van der Waals surface area contributed by atoms with Crippen LogP contribution in [0, 0.1) is 5.82 Å². The number of rotatable bonds is 3. The quantitative estimate of drug-likeness (QED) is 0.666. The zero-order chi connectivity index (χ0) is 14.2. The summed E-state index contributed by atoms with van der Waals surface area (Å²) in [6.07, 6.45) is 2.27. The van der Waals surface area contributed by atoms with Gasteiger partial charge in [-0.2, -0.15) is 0 Å². The molecule has 0 atom stereocenters. The average molecular weight is 298 g/mol. The predicted octanol–water partition coefficient (Wildman–Crippen LogP) is 4.41. The molecule has 4 heteroatoms. The molecule has 0 bridgehead atoms. The maximum Gasteiger partial charge on any atom is 0.169 e. The summed E-state index contributed by atoms with van der Waals surface area (Å²) < 4.78 is 16.0. The van der Waals surface area contributed by atoms with E-state index >= 15 is 0 Å². The summed E-state index contributed by atoms with van der Waals surface area (Å²) in [6.45, 7) is 1.01. The van der Waals surface area contributed by atoms with Gasteiger partial charge in [0.15, 0.2) is 5.16 Å². The van der Waals surface area contributed by atoms with Crippen LogP contribution in [0.4, 0.5) is 4.39 Å². The minimum absolute atomic E-state index is 0.138. The standard InChI is InChI=1S/C17H15FN2S/c18-14-8-2-1-5-13(14)11-21-17-19-15-9-3-6-12-7-4-10-20(17)16(12)15/h1-3,5-6,8-9H,4,7,10-11H2. The molecule has 21 heavy (non-hydrogen) atoms. The smallest absolute Gasteiger partial charge is 0.169 e. The van der Waals surface area contributed by atoms with Gasteiger partial charge in [-0.25, -0.2) is 9.37 Å². The highest BCUT2D eigenvalue weighted by atomic mass is 32.2. The van der Waals surface area contributed by atoms with Crippen molar-refractivity contribution in [3.63, 3.8) is 0 Å². The number of aromatic nitrogens is 2. The van der Waals surface area contributed by atoms with Crippen LogP contribution in [0.15, 0.2) is 47.6 Å². The molecule has 0 spiro atoms. The third-order valence-corrected chi connectivity index (χ3v) is 4.98. The summed E-state index contributed by atoms with van der Waals surface area (Å²) in [5.74, 6) is 0.478. The highest BCUT2D eigenvalue weighted by molar-refractivity contribution is 7.98. The van der Waals surface area contributed by atoms with Crippen molar-refractivity contribution in [1.29, 1.82) is 0 Å². The van der Waals surface area contributed by atoms with Crippen molar-refractivity contribution in [2.75, 3.05) is 0 Å². The second-order valence-electron chi connectivity index (χ2n) is 5.31. The van der Waals surface area contributed by atoms with Gasteiger partial charge in [0.2, 0.25) is 0 Å². The van der Waals surface area contributed by atoms with E-state index in [0.717, 1.165) is 35.6 Å². The lowest BCUT2D eigenvalue weighted by Crippen LogP contribution is -2.08. The van der Waals surface area contributed by atoms with E-state index in [1.165, 1.54) is 17.1 Å². The number of benzene rings is 2. The Hall–Kier alpha value is -1.81. The van der Waals surface area contributed by atoms with Crippen LogP contribution in [0.3, 0.4) is 0 Å². The molecule has 4 rings (SSSR count). The minimum atomic E-state index is -0.138. The van der Waals surface area contributed by atoms with Crippen LogP contribution in [0.1, 0.15) is 17.5 Å². The van der Waals surface area contributed by atoms with Gasteiger partial charge >= 0.3 is 0 Å². The van der Waals surface area contributed by atoms with Gasteiger partial charge in [-0.05, 0) is 36.1 Å². The van der Waals surface area contributed by atoms with E-state index in [9.17, 15) is 4.39 Å². The first-order valence-corrected chi connectivity index (χ1v) is 8.16. The lowest BCUT2D eigenvalue weighted by molar-refractivity contribution is 0.587. The van der Waals surface area contributed by atoms with Gasteiger partial charge in [-0.3, -0.25) is 0 Å². The van der Waals surface area contributed by atoms with Gasteiger partial charge in [0, 0.05) is 12.3 Å². The summed E-state index contributed by atoms with van der Waals surface area (Å²) in [6, 6.07) is 13.3. The molecule has 0 saturated carbocycles. The largest absolute Gasteiger partial charge is 0.319 e. The zero-order valence-electron chi connectivity index (χ0n) is 11.6. The first kappa shape index (κ1) is 12.9. The number of halogens is 1. The number of hydrogen-bond acceptors (Lipinski definition) is 2. The van der Waals surface area contributed by atoms with Crippen LogP contribution in [0.25, 0.3) is 11.0 Å². The summed E-state index contributed by atoms with van der Waals surface area (Å²) in [5.41, 5.74) is 4.44. The summed E-state index contributed by atoms with van der Waals surface area (Å²) in [7, 11) is 0. The van der Waals surface area contributed by atoms with E-state index < -0.39 is 0 Å². The highest BCUT2D eigenvalue weighted by Gasteiger charge is 2.18. The van der Waals surface area contributed by atoms with Gasteiger partial charge in [0.05, 0.1) is 11.0 Å². The Kier molecular flexibility index (Phi) is 3.19. The minimum Gasteiger partial charge on any atom is -0.319 e. The fraction of sp³-hybridized carbons (Fsp3) is 0.235.